The van der Waals surface area contributed by atoms with Gasteiger partial charge in [0.1, 0.15) is 0 Å². The first-order valence-electron chi connectivity index (χ1n) is 8.21. The second kappa shape index (κ2) is 6.78. The Hall–Kier alpha value is -2.09. The highest BCUT2D eigenvalue weighted by Gasteiger charge is 2.24. The Bertz CT molecular complexity index is 627. The molecule has 0 spiro atoms. The lowest BCUT2D eigenvalue weighted by Gasteiger charge is -2.32. The molecule has 1 amide bonds. The van der Waals surface area contributed by atoms with Gasteiger partial charge in [-0.1, -0.05) is 49.4 Å². The lowest BCUT2D eigenvalue weighted by Crippen LogP contribution is -2.37. The number of piperidine rings is 1. The Balaban J connectivity index is 1.64. The van der Waals surface area contributed by atoms with Crippen LogP contribution in [0.4, 0.5) is 0 Å². The second-order valence-corrected chi connectivity index (χ2v) is 6.03. The van der Waals surface area contributed by atoms with E-state index < -0.39 is 0 Å². The highest BCUT2D eigenvalue weighted by molar-refractivity contribution is 5.94. The van der Waals surface area contributed by atoms with Gasteiger partial charge in [-0.2, -0.15) is 0 Å². The molecule has 2 heteroatoms. The predicted octanol–water partition coefficient (Wildman–Crippen LogP) is 4.27. The molecule has 0 aromatic heterocycles. The normalized spacial score (nSPS) is 15.8. The maximum Gasteiger partial charge on any atom is 0.253 e. The van der Waals surface area contributed by atoms with E-state index in [1.54, 1.807) is 0 Å². The van der Waals surface area contributed by atoms with Crippen molar-refractivity contribution in [1.82, 2.24) is 4.90 Å². The first kappa shape index (κ1) is 14.8. The number of rotatable bonds is 3. The summed E-state index contributed by atoms with van der Waals surface area (Å²) in [7, 11) is 0. The van der Waals surface area contributed by atoms with Crippen LogP contribution in [0.5, 0.6) is 0 Å². The summed E-state index contributed by atoms with van der Waals surface area (Å²) in [5.74, 6) is 0.772. The molecule has 3 rings (SSSR count). The number of amides is 1. The summed E-state index contributed by atoms with van der Waals surface area (Å²) in [5.41, 5.74) is 3.46. The van der Waals surface area contributed by atoms with Crippen LogP contribution in [-0.4, -0.2) is 23.9 Å². The zero-order valence-corrected chi connectivity index (χ0v) is 13.2. The molecule has 0 saturated carbocycles. The van der Waals surface area contributed by atoms with Crippen LogP contribution in [0.3, 0.4) is 0 Å². The molecule has 22 heavy (non-hydrogen) atoms. The Morgan fingerprint density at radius 1 is 1.05 bits per heavy atom. The first-order chi connectivity index (χ1) is 10.8. The highest BCUT2D eigenvalue weighted by atomic mass is 16.2. The molecule has 1 saturated heterocycles. The molecule has 0 unspecified atom stereocenters. The van der Waals surface area contributed by atoms with Crippen molar-refractivity contribution in [2.45, 2.75) is 32.1 Å². The molecule has 0 radical (unpaired) electrons. The monoisotopic (exact) mass is 293 g/mol. The molecule has 0 N–H and O–H groups in total. The summed E-state index contributed by atoms with van der Waals surface area (Å²) < 4.78 is 0. The third kappa shape index (κ3) is 3.22. The number of hydrogen-bond donors (Lipinski definition) is 0. The summed E-state index contributed by atoms with van der Waals surface area (Å²) in [5, 5.41) is 0. The quantitative estimate of drug-likeness (QED) is 0.827. The minimum absolute atomic E-state index is 0.182. The van der Waals surface area contributed by atoms with Gasteiger partial charge in [-0.15, -0.1) is 0 Å². The van der Waals surface area contributed by atoms with E-state index in [9.17, 15) is 4.79 Å². The van der Waals surface area contributed by atoms with Crippen LogP contribution in [-0.2, 0) is 6.42 Å². The van der Waals surface area contributed by atoms with Crippen LogP contribution in [0.1, 0.15) is 47.2 Å². The number of benzene rings is 2. The van der Waals surface area contributed by atoms with Gasteiger partial charge in [-0.25, -0.2) is 0 Å². The highest BCUT2D eigenvalue weighted by Crippen LogP contribution is 2.28. The van der Waals surface area contributed by atoms with Crippen molar-refractivity contribution in [3.05, 3.63) is 71.3 Å². The summed E-state index contributed by atoms with van der Waals surface area (Å²) in [6, 6.07) is 18.7. The Kier molecular flexibility index (Phi) is 4.57. The molecule has 2 aromatic carbocycles. The van der Waals surface area contributed by atoms with Crippen LogP contribution in [0.2, 0.25) is 0 Å². The average Bonchev–Trinajstić information content (AvgIpc) is 2.62. The lowest BCUT2D eigenvalue weighted by atomic mass is 9.89. The van der Waals surface area contributed by atoms with Crippen LogP contribution in [0, 0.1) is 0 Å². The average molecular weight is 293 g/mol. The van der Waals surface area contributed by atoms with Crippen LogP contribution < -0.4 is 0 Å². The largest absolute Gasteiger partial charge is 0.339 e. The van der Waals surface area contributed by atoms with Crippen molar-refractivity contribution < 1.29 is 4.79 Å². The fourth-order valence-corrected chi connectivity index (χ4v) is 3.25. The maximum absolute atomic E-state index is 12.6. The molecule has 0 bridgehead atoms. The molecule has 2 aromatic rings. The predicted molar refractivity (Wildman–Crippen MR) is 90.1 cm³/mol. The van der Waals surface area contributed by atoms with Gasteiger partial charge in [-0.3, -0.25) is 4.79 Å². The minimum Gasteiger partial charge on any atom is -0.339 e. The van der Waals surface area contributed by atoms with Gasteiger partial charge < -0.3 is 4.90 Å². The molecule has 1 heterocycles. The topological polar surface area (TPSA) is 20.3 Å². The van der Waals surface area contributed by atoms with Crippen molar-refractivity contribution in [3.63, 3.8) is 0 Å². The summed E-state index contributed by atoms with van der Waals surface area (Å²) in [6.45, 7) is 3.83. The van der Waals surface area contributed by atoms with Crippen molar-refractivity contribution in [2.75, 3.05) is 13.1 Å². The Morgan fingerprint density at radius 2 is 1.77 bits per heavy atom. The second-order valence-electron chi connectivity index (χ2n) is 6.03. The lowest BCUT2D eigenvalue weighted by molar-refractivity contribution is 0.0713. The van der Waals surface area contributed by atoms with Crippen molar-refractivity contribution in [1.29, 1.82) is 0 Å². The summed E-state index contributed by atoms with van der Waals surface area (Å²) in [6.07, 6.45) is 3.09. The van der Waals surface area contributed by atoms with E-state index in [2.05, 4.69) is 43.3 Å². The fourth-order valence-electron chi connectivity index (χ4n) is 3.25. The molecule has 2 nitrogen and oxygen atoms in total. The fraction of sp³-hybridized carbons (Fsp3) is 0.350. The van der Waals surface area contributed by atoms with E-state index in [-0.39, 0.29) is 5.91 Å². The van der Waals surface area contributed by atoms with E-state index in [4.69, 9.17) is 0 Å². The Morgan fingerprint density at radius 3 is 2.45 bits per heavy atom. The molecular formula is C20H23NO. The number of nitrogens with zero attached hydrogens (tertiary/aromatic N) is 1. The van der Waals surface area contributed by atoms with Crippen LogP contribution >= 0.6 is 0 Å². The standard InChI is InChI=1S/C20H23NO/c1-2-16-7-6-10-19(15-16)20(22)21-13-11-18(12-14-21)17-8-4-3-5-9-17/h3-10,15,18H,2,11-14H2,1H3. The van der Waals surface area contributed by atoms with Gasteiger partial charge in [0.05, 0.1) is 0 Å². The smallest absolute Gasteiger partial charge is 0.253 e. The van der Waals surface area contributed by atoms with Crippen LogP contribution in [0.25, 0.3) is 0 Å². The molecule has 0 aliphatic carbocycles. The maximum atomic E-state index is 12.6. The van der Waals surface area contributed by atoms with Gasteiger partial charge in [-0.05, 0) is 48.4 Å². The van der Waals surface area contributed by atoms with Gasteiger partial charge in [0.15, 0.2) is 0 Å². The van der Waals surface area contributed by atoms with Crippen LogP contribution in [0.15, 0.2) is 54.6 Å². The molecule has 1 fully saturated rings. The summed E-state index contributed by atoms with van der Waals surface area (Å²) in [4.78, 5) is 14.6. The van der Waals surface area contributed by atoms with E-state index in [1.807, 2.05) is 23.1 Å². The van der Waals surface area contributed by atoms with Gasteiger partial charge in [0, 0.05) is 18.7 Å². The van der Waals surface area contributed by atoms with Crippen molar-refractivity contribution in [2.24, 2.45) is 0 Å². The van der Waals surface area contributed by atoms with Gasteiger partial charge in [0.25, 0.3) is 5.91 Å². The zero-order valence-electron chi connectivity index (χ0n) is 13.2. The number of carbonyl (C=O) groups excluding carboxylic acids is 1. The van der Waals surface area contributed by atoms with Crippen molar-refractivity contribution >= 4 is 5.91 Å². The number of likely N-dealkylation sites (tertiary alicyclic amines) is 1. The first-order valence-corrected chi connectivity index (χ1v) is 8.21. The number of hydrogen-bond acceptors (Lipinski definition) is 1. The number of carbonyl (C=O) groups is 1. The van der Waals surface area contributed by atoms with E-state index >= 15 is 0 Å². The zero-order chi connectivity index (χ0) is 15.4. The van der Waals surface area contributed by atoms with E-state index in [1.165, 1.54) is 11.1 Å². The molecule has 1 aliphatic heterocycles. The van der Waals surface area contributed by atoms with E-state index in [0.29, 0.717) is 5.92 Å². The molecule has 1 aliphatic rings. The molecule has 114 valence electrons. The molecule has 0 atom stereocenters. The molecular weight excluding hydrogens is 270 g/mol. The van der Waals surface area contributed by atoms with Gasteiger partial charge >= 0.3 is 0 Å². The third-order valence-electron chi connectivity index (χ3n) is 4.64. The Labute approximate surface area is 132 Å². The van der Waals surface area contributed by atoms with Gasteiger partial charge in [0.2, 0.25) is 0 Å². The minimum atomic E-state index is 0.182. The summed E-state index contributed by atoms with van der Waals surface area (Å²) >= 11 is 0. The SMILES string of the molecule is CCc1cccc(C(=O)N2CCC(c3ccccc3)CC2)c1. The van der Waals surface area contributed by atoms with Crippen molar-refractivity contribution in [3.8, 4) is 0 Å². The van der Waals surface area contributed by atoms with E-state index in [0.717, 1.165) is 37.9 Å². The number of aryl methyl sites for hydroxylation is 1. The third-order valence-corrected chi connectivity index (χ3v) is 4.64.